The molecule has 2 aliphatic rings. The van der Waals surface area contributed by atoms with Gasteiger partial charge in [-0.25, -0.2) is 9.97 Å². The van der Waals surface area contributed by atoms with Crippen LogP contribution in [0.4, 0.5) is 28.8 Å². The van der Waals surface area contributed by atoms with Gasteiger partial charge in [0.05, 0.1) is 27.1 Å². The van der Waals surface area contributed by atoms with Crippen LogP contribution in [0.25, 0.3) is 11.3 Å². The highest BCUT2D eigenvalue weighted by atomic mass is 79.9. The lowest BCUT2D eigenvalue weighted by atomic mass is 9.99. The van der Waals surface area contributed by atoms with Crippen LogP contribution in [0.15, 0.2) is 46.5 Å². The lowest BCUT2D eigenvalue weighted by Crippen LogP contribution is -2.52. The Morgan fingerprint density at radius 1 is 1.02 bits per heavy atom. The number of aryl methyl sites for hydroxylation is 2. The average Bonchev–Trinajstić information content (AvgIpc) is 3.49. The minimum absolute atomic E-state index is 0.160. The van der Waals surface area contributed by atoms with E-state index >= 15 is 0 Å². The van der Waals surface area contributed by atoms with Gasteiger partial charge in [-0.05, 0) is 86.3 Å². The van der Waals surface area contributed by atoms with E-state index in [-0.39, 0.29) is 5.75 Å². The van der Waals surface area contributed by atoms with E-state index < -0.39 is 7.14 Å². The zero-order chi connectivity index (χ0) is 33.3. The Labute approximate surface area is 290 Å². The first-order chi connectivity index (χ1) is 22.5. The fraction of sp³-hybridized carbons (Fsp3) is 0.441. The van der Waals surface area contributed by atoms with Crippen LogP contribution in [0.3, 0.4) is 0 Å². The average molecular weight is 740 g/mol. The summed E-state index contributed by atoms with van der Waals surface area (Å²) >= 11 is 5.16. The normalized spacial score (nSPS) is 16.9. The summed E-state index contributed by atoms with van der Waals surface area (Å²) in [5.41, 5.74) is 7.19. The fourth-order valence-corrected chi connectivity index (χ4v) is 8.58. The number of anilines is 5. The van der Waals surface area contributed by atoms with Crippen LogP contribution in [0, 0.1) is 6.92 Å². The van der Waals surface area contributed by atoms with Crippen LogP contribution in [0.5, 0.6) is 5.75 Å². The lowest BCUT2D eigenvalue weighted by molar-refractivity contribution is 0.0982. The van der Waals surface area contributed by atoms with Gasteiger partial charge in [0, 0.05) is 79.0 Å². The summed E-state index contributed by atoms with van der Waals surface area (Å²) in [5, 5.41) is 18.5. The topological polar surface area (TPSA) is 110 Å². The maximum atomic E-state index is 13.4. The molecular formula is C34H44BrN8O2PS. The quantitative estimate of drug-likeness (QED) is 0.124. The van der Waals surface area contributed by atoms with Gasteiger partial charge in [0.15, 0.2) is 0 Å². The van der Waals surface area contributed by atoms with Gasteiger partial charge in [0.25, 0.3) is 0 Å². The van der Waals surface area contributed by atoms with Crippen molar-refractivity contribution in [1.29, 1.82) is 0 Å². The summed E-state index contributed by atoms with van der Waals surface area (Å²) in [5.74, 6) is 1.01. The molecule has 4 heterocycles. The Morgan fingerprint density at radius 2 is 1.77 bits per heavy atom. The van der Waals surface area contributed by atoms with E-state index in [0.29, 0.717) is 33.7 Å². The van der Waals surface area contributed by atoms with E-state index in [2.05, 4.69) is 65.2 Å². The van der Waals surface area contributed by atoms with E-state index in [9.17, 15) is 9.67 Å². The fourth-order valence-electron chi connectivity index (χ4n) is 6.53. The molecule has 0 atom stereocenters. The van der Waals surface area contributed by atoms with Crippen molar-refractivity contribution in [3.8, 4) is 17.0 Å². The number of phenolic OH excluding ortho intramolecular Hbond substituents is 1. The number of piperidine rings is 1. The number of benzene rings is 2. The molecule has 2 aromatic heterocycles. The maximum Gasteiger partial charge on any atom is 0.229 e. The summed E-state index contributed by atoms with van der Waals surface area (Å²) in [4.78, 5) is 22.3. The molecule has 0 unspecified atom stereocenters. The second-order valence-electron chi connectivity index (χ2n) is 12.9. The van der Waals surface area contributed by atoms with Gasteiger partial charge >= 0.3 is 0 Å². The van der Waals surface area contributed by atoms with Crippen LogP contribution in [-0.2, 0) is 11.0 Å². The number of aromatic nitrogens is 3. The number of nitrogens with one attached hydrogen (secondary N) is 2. The van der Waals surface area contributed by atoms with Gasteiger partial charge in [0.1, 0.15) is 18.7 Å². The monoisotopic (exact) mass is 738 g/mol. The van der Waals surface area contributed by atoms with Crippen molar-refractivity contribution in [2.75, 3.05) is 75.2 Å². The number of phenols is 1. The number of piperazine rings is 1. The van der Waals surface area contributed by atoms with E-state index in [1.807, 2.05) is 42.8 Å². The summed E-state index contributed by atoms with van der Waals surface area (Å²) in [6.45, 7) is 14.3. The smallest absolute Gasteiger partial charge is 0.229 e. The molecule has 0 saturated carbocycles. The Bertz CT molecular complexity index is 1780. The highest BCUT2D eigenvalue weighted by Crippen LogP contribution is 2.41. The Balaban J connectivity index is 1.19. The first kappa shape index (κ1) is 33.9. The molecule has 0 amide bonds. The van der Waals surface area contributed by atoms with Crippen LogP contribution in [-0.4, -0.2) is 95.5 Å². The first-order valence-corrected chi connectivity index (χ1v) is 20.5. The van der Waals surface area contributed by atoms with Crippen molar-refractivity contribution in [2.24, 2.45) is 0 Å². The molecule has 2 aromatic carbocycles. The lowest BCUT2D eigenvalue weighted by Gasteiger charge is -2.43. The number of likely N-dealkylation sites (N-methyl/N-ethyl adjacent to an activating group) is 1. The third-order valence-corrected chi connectivity index (χ3v) is 12.1. The molecule has 0 aliphatic carbocycles. The van der Waals surface area contributed by atoms with Gasteiger partial charge in [0.2, 0.25) is 5.95 Å². The SMILES string of the molecule is CCc1cc(Nc2ncc(Br)c(Nc3ccc(-c4ncsc4C)cc3P(C)(C)=O)n2)c(O)cc1N1CCC(N2CCN(C)CC2)CC1. The third kappa shape index (κ3) is 7.67. The molecule has 10 nitrogen and oxygen atoms in total. The van der Waals surface area contributed by atoms with E-state index in [0.717, 1.165) is 85.7 Å². The summed E-state index contributed by atoms with van der Waals surface area (Å²) in [6.07, 6.45) is 4.77. The zero-order valence-corrected chi connectivity index (χ0v) is 31.1. The minimum atomic E-state index is -2.67. The zero-order valence-electron chi connectivity index (χ0n) is 27.8. The van der Waals surface area contributed by atoms with Crippen molar-refractivity contribution >= 4 is 68.5 Å². The van der Waals surface area contributed by atoms with Crippen molar-refractivity contribution in [3.05, 3.63) is 57.0 Å². The highest BCUT2D eigenvalue weighted by molar-refractivity contribution is 9.10. The van der Waals surface area contributed by atoms with Gasteiger partial charge in [-0.15, -0.1) is 11.3 Å². The Kier molecular flexibility index (Phi) is 10.2. The largest absolute Gasteiger partial charge is 0.506 e. The molecule has 4 aromatic rings. The van der Waals surface area contributed by atoms with Gasteiger partial charge < -0.3 is 30.1 Å². The van der Waals surface area contributed by atoms with E-state index in [4.69, 9.17) is 4.98 Å². The maximum absolute atomic E-state index is 13.4. The first-order valence-electron chi connectivity index (χ1n) is 16.2. The number of hydrogen-bond donors (Lipinski definition) is 3. The highest BCUT2D eigenvalue weighted by Gasteiger charge is 2.28. The molecule has 47 heavy (non-hydrogen) atoms. The van der Waals surface area contributed by atoms with E-state index in [1.165, 1.54) is 5.56 Å². The predicted molar refractivity (Wildman–Crippen MR) is 199 cm³/mol. The molecular weight excluding hydrogens is 695 g/mol. The molecule has 250 valence electrons. The number of aromatic hydroxyl groups is 1. The Hall–Kier alpha value is -3.02. The predicted octanol–water partition coefficient (Wildman–Crippen LogP) is 6.89. The second-order valence-corrected chi connectivity index (χ2v) is 18.0. The second kappa shape index (κ2) is 14.2. The number of rotatable bonds is 9. The molecule has 13 heteroatoms. The van der Waals surface area contributed by atoms with Gasteiger partial charge in [-0.2, -0.15) is 4.98 Å². The number of halogens is 1. The molecule has 3 N–H and O–H groups in total. The molecule has 0 radical (unpaired) electrons. The van der Waals surface area contributed by atoms with Crippen molar-refractivity contribution in [2.45, 2.75) is 39.2 Å². The number of nitrogens with zero attached hydrogens (tertiary/aromatic N) is 6. The van der Waals surface area contributed by atoms with Crippen LogP contribution in [0.1, 0.15) is 30.2 Å². The summed E-state index contributed by atoms with van der Waals surface area (Å²) < 4.78 is 14.1. The number of thiazole rings is 1. The van der Waals surface area contributed by atoms with Crippen molar-refractivity contribution in [1.82, 2.24) is 24.8 Å². The van der Waals surface area contributed by atoms with Crippen LogP contribution >= 0.6 is 34.4 Å². The molecule has 2 fully saturated rings. The van der Waals surface area contributed by atoms with Gasteiger partial charge in [-0.3, -0.25) is 4.90 Å². The van der Waals surface area contributed by atoms with Crippen LogP contribution in [0.2, 0.25) is 0 Å². The Morgan fingerprint density at radius 3 is 2.43 bits per heavy atom. The van der Waals surface area contributed by atoms with E-state index in [1.54, 1.807) is 30.9 Å². The van der Waals surface area contributed by atoms with Crippen molar-refractivity contribution in [3.63, 3.8) is 0 Å². The molecule has 2 aliphatic heterocycles. The standard InChI is InChI=1S/C34H44BrN8O2PS/c1-6-23-17-28(30(44)19-29(23)43-11-9-25(10-12-43)42-15-13-41(3)14-16-42)39-34-36-20-26(35)33(40-34)38-27-8-7-24(18-31(27)46(4,5)45)32-22(2)47-21-37-32/h7-8,17-21,25,44H,6,9-16H2,1-5H3,(H2,36,38,39,40). The van der Waals surface area contributed by atoms with Gasteiger partial charge in [-0.1, -0.05) is 13.0 Å². The third-order valence-electron chi connectivity index (χ3n) is 9.28. The summed E-state index contributed by atoms with van der Waals surface area (Å²) in [7, 11) is -0.464. The summed E-state index contributed by atoms with van der Waals surface area (Å²) in [6, 6.07) is 10.4. The van der Waals surface area contributed by atoms with Crippen LogP contribution < -0.4 is 20.8 Å². The molecule has 6 rings (SSSR count). The van der Waals surface area contributed by atoms with Crippen molar-refractivity contribution < 1.29 is 9.67 Å². The minimum Gasteiger partial charge on any atom is -0.506 e. The molecule has 2 saturated heterocycles. The number of hydrogen-bond acceptors (Lipinski definition) is 11. The molecule has 0 spiro atoms. The molecule has 0 bridgehead atoms.